The highest BCUT2D eigenvalue weighted by Crippen LogP contribution is 2.24. The second-order valence-corrected chi connectivity index (χ2v) is 9.60. The number of carbonyl (C=O) groups is 2. The van der Waals surface area contributed by atoms with Gasteiger partial charge in [-0.3, -0.25) is 0 Å². The van der Waals surface area contributed by atoms with E-state index in [4.69, 9.17) is 9.47 Å². The maximum Gasteiger partial charge on any atom is 0.338 e. The van der Waals surface area contributed by atoms with Crippen LogP contribution in [0.15, 0.2) is 12.1 Å². The van der Waals surface area contributed by atoms with Gasteiger partial charge in [-0.2, -0.15) is 0 Å². The first kappa shape index (κ1) is 30.2. The lowest BCUT2D eigenvalue weighted by Crippen LogP contribution is -2.14. The summed E-state index contributed by atoms with van der Waals surface area (Å²) < 4.78 is 9.93. The van der Waals surface area contributed by atoms with Gasteiger partial charge in [0.05, 0.1) is 25.3 Å². The van der Waals surface area contributed by atoms with E-state index < -0.39 is 11.9 Å². The fourth-order valence-electron chi connectivity index (χ4n) is 4.61. The molecule has 0 unspecified atom stereocenters. The molecule has 34 heavy (non-hydrogen) atoms. The van der Waals surface area contributed by atoms with Crippen LogP contribution in [0.4, 0.5) is 0 Å². The Hall–Kier alpha value is -1.84. The van der Waals surface area contributed by atoms with Crippen molar-refractivity contribution in [1.82, 2.24) is 0 Å². The van der Waals surface area contributed by atoms with E-state index in [0.29, 0.717) is 11.1 Å². The average Bonchev–Trinajstić information content (AvgIpc) is 2.86. The summed E-state index contributed by atoms with van der Waals surface area (Å²) in [6.45, 7) is 4.50. The summed E-state index contributed by atoms with van der Waals surface area (Å²) in [6.07, 6.45) is 22.2. The zero-order valence-electron chi connectivity index (χ0n) is 22.5. The molecule has 0 aliphatic heterocycles. The average molecular weight is 475 g/mol. The molecule has 0 aromatic heterocycles. The quantitative estimate of drug-likeness (QED) is 0.140. The van der Waals surface area contributed by atoms with Crippen molar-refractivity contribution in [3.63, 3.8) is 0 Å². The molecule has 0 spiro atoms. The van der Waals surface area contributed by atoms with E-state index in [9.17, 15) is 9.59 Å². The lowest BCUT2D eigenvalue weighted by atomic mass is 9.91. The van der Waals surface area contributed by atoms with Crippen LogP contribution in [0.3, 0.4) is 0 Å². The molecule has 0 radical (unpaired) electrons. The summed E-state index contributed by atoms with van der Waals surface area (Å²) in [5.74, 6) is -0.951. The maximum atomic E-state index is 12.4. The minimum atomic E-state index is -0.476. The number of methoxy groups -OCH3 is 2. The van der Waals surface area contributed by atoms with Gasteiger partial charge in [0.1, 0.15) is 0 Å². The number of rotatable bonds is 20. The van der Waals surface area contributed by atoms with Gasteiger partial charge in [0.25, 0.3) is 0 Å². The van der Waals surface area contributed by atoms with E-state index >= 15 is 0 Å². The largest absolute Gasteiger partial charge is 0.465 e. The van der Waals surface area contributed by atoms with Gasteiger partial charge in [-0.25, -0.2) is 9.59 Å². The summed E-state index contributed by atoms with van der Waals surface area (Å²) in [7, 11) is 2.71. The van der Waals surface area contributed by atoms with E-state index in [2.05, 4.69) is 13.8 Å². The van der Waals surface area contributed by atoms with Crippen LogP contribution in [-0.2, 0) is 22.3 Å². The van der Waals surface area contributed by atoms with Crippen LogP contribution in [0.5, 0.6) is 0 Å². The van der Waals surface area contributed by atoms with E-state index in [1.165, 1.54) is 115 Å². The number of hydrogen-bond donors (Lipinski definition) is 0. The molecule has 0 aliphatic rings. The second kappa shape index (κ2) is 19.5. The number of esters is 2. The SMILES string of the molecule is CCCCCCCCCCc1cc(C(=O)OC)c(C(=O)OC)cc1CCCCCCCCCC. The molecule has 0 N–H and O–H groups in total. The Morgan fingerprint density at radius 3 is 1.12 bits per heavy atom. The van der Waals surface area contributed by atoms with Gasteiger partial charge >= 0.3 is 11.9 Å². The minimum Gasteiger partial charge on any atom is -0.465 e. The van der Waals surface area contributed by atoms with Crippen LogP contribution in [0.25, 0.3) is 0 Å². The highest BCUT2D eigenvalue weighted by molar-refractivity contribution is 6.03. The smallest absolute Gasteiger partial charge is 0.338 e. The third-order valence-electron chi connectivity index (χ3n) is 6.75. The van der Waals surface area contributed by atoms with Crippen molar-refractivity contribution < 1.29 is 19.1 Å². The number of aryl methyl sites for hydroxylation is 2. The summed E-state index contributed by atoms with van der Waals surface area (Å²) >= 11 is 0. The molecule has 4 nitrogen and oxygen atoms in total. The third kappa shape index (κ3) is 12.0. The molecule has 1 aromatic rings. The van der Waals surface area contributed by atoms with Gasteiger partial charge in [0.15, 0.2) is 0 Å². The molecule has 0 atom stereocenters. The Balaban J connectivity index is 2.77. The molecule has 0 fully saturated rings. The normalized spacial score (nSPS) is 10.9. The summed E-state index contributed by atoms with van der Waals surface area (Å²) in [5, 5.41) is 0. The van der Waals surface area contributed by atoms with Gasteiger partial charge in [0.2, 0.25) is 0 Å². The molecular formula is C30H50O4. The van der Waals surface area contributed by atoms with Crippen molar-refractivity contribution in [3.05, 3.63) is 34.4 Å². The zero-order chi connectivity index (χ0) is 25.0. The van der Waals surface area contributed by atoms with Crippen LogP contribution in [-0.4, -0.2) is 26.2 Å². The number of benzene rings is 1. The predicted octanol–water partition coefficient (Wildman–Crippen LogP) is 8.63. The molecule has 0 saturated heterocycles. The highest BCUT2D eigenvalue weighted by atomic mass is 16.5. The third-order valence-corrected chi connectivity index (χ3v) is 6.75. The van der Waals surface area contributed by atoms with Crippen LogP contribution in [0.1, 0.15) is 148 Å². The van der Waals surface area contributed by atoms with E-state index in [0.717, 1.165) is 25.7 Å². The van der Waals surface area contributed by atoms with Crippen LogP contribution < -0.4 is 0 Å². The van der Waals surface area contributed by atoms with Gasteiger partial charge < -0.3 is 9.47 Å². The Labute approximate surface area is 209 Å². The number of carbonyl (C=O) groups excluding carboxylic acids is 2. The summed E-state index contributed by atoms with van der Waals surface area (Å²) in [5.41, 5.74) is 3.01. The number of ether oxygens (including phenoxy) is 2. The fourth-order valence-corrected chi connectivity index (χ4v) is 4.61. The molecule has 0 amide bonds. The predicted molar refractivity (Wildman–Crippen MR) is 142 cm³/mol. The molecule has 1 aromatic carbocycles. The first-order chi connectivity index (χ1) is 16.6. The monoisotopic (exact) mass is 474 g/mol. The Morgan fingerprint density at radius 2 is 0.824 bits per heavy atom. The highest BCUT2D eigenvalue weighted by Gasteiger charge is 2.21. The molecular weight excluding hydrogens is 424 g/mol. The summed E-state index contributed by atoms with van der Waals surface area (Å²) in [4.78, 5) is 24.8. The maximum absolute atomic E-state index is 12.4. The molecule has 0 saturated carbocycles. The summed E-state index contributed by atoms with van der Waals surface area (Å²) in [6, 6.07) is 3.78. The van der Waals surface area contributed by atoms with E-state index in [1.54, 1.807) is 0 Å². The first-order valence-corrected chi connectivity index (χ1v) is 13.9. The number of unbranched alkanes of at least 4 members (excludes halogenated alkanes) is 14. The van der Waals surface area contributed by atoms with Gasteiger partial charge in [-0.1, -0.05) is 104 Å². The molecule has 0 bridgehead atoms. The standard InChI is InChI=1S/C30H50O4/c1-5-7-9-11-13-15-17-19-21-25-23-27(29(31)33-3)28(30(32)34-4)24-26(25)22-20-18-16-14-12-10-8-6-2/h23-24H,5-22H2,1-4H3. The first-order valence-electron chi connectivity index (χ1n) is 13.9. The lowest BCUT2D eigenvalue weighted by Gasteiger charge is -2.15. The molecule has 0 heterocycles. The molecule has 4 heteroatoms. The zero-order valence-corrected chi connectivity index (χ0v) is 22.5. The molecule has 1 rings (SSSR count). The van der Waals surface area contributed by atoms with Crippen LogP contribution >= 0.6 is 0 Å². The van der Waals surface area contributed by atoms with Crippen molar-refractivity contribution in [3.8, 4) is 0 Å². The van der Waals surface area contributed by atoms with E-state index in [1.807, 2.05) is 12.1 Å². The number of hydrogen-bond acceptors (Lipinski definition) is 4. The fraction of sp³-hybridized carbons (Fsp3) is 0.733. The van der Waals surface area contributed by atoms with Gasteiger partial charge in [-0.05, 0) is 48.9 Å². The Kier molecular flexibility index (Phi) is 17.3. The lowest BCUT2D eigenvalue weighted by molar-refractivity contribution is 0.0555. The van der Waals surface area contributed by atoms with Crippen LogP contribution in [0, 0.1) is 0 Å². The van der Waals surface area contributed by atoms with Crippen molar-refractivity contribution in [2.24, 2.45) is 0 Å². The Morgan fingerprint density at radius 1 is 0.529 bits per heavy atom. The molecule has 0 aliphatic carbocycles. The van der Waals surface area contributed by atoms with Crippen LogP contribution in [0.2, 0.25) is 0 Å². The van der Waals surface area contributed by atoms with Crippen molar-refractivity contribution in [2.45, 2.75) is 129 Å². The minimum absolute atomic E-state index is 0.323. The van der Waals surface area contributed by atoms with Gasteiger partial charge in [0, 0.05) is 0 Å². The van der Waals surface area contributed by atoms with Gasteiger partial charge in [-0.15, -0.1) is 0 Å². The Bertz CT molecular complexity index is 636. The second-order valence-electron chi connectivity index (χ2n) is 9.60. The topological polar surface area (TPSA) is 52.6 Å². The van der Waals surface area contributed by atoms with E-state index in [-0.39, 0.29) is 0 Å². The van der Waals surface area contributed by atoms with Crippen molar-refractivity contribution >= 4 is 11.9 Å². The molecule has 194 valence electrons. The van der Waals surface area contributed by atoms with Crippen molar-refractivity contribution in [2.75, 3.05) is 14.2 Å². The van der Waals surface area contributed by atoms with Crippen molar-refractivity contribution in [1.29, 1.82) is 0 Å².